The van der Waals surface area contributed by atoms with Crippen molar-refractivity contribution in [1.82, 2.24) is 15.5 Å². The average Bonchev–Trinajstić information content (AvgIpc) is 2.68. The van der Waals surface area contributed by atoms with Gasteiger partial charge in [-0.05, 0) is 24.0 Å². The fourth-order valence-electron chi connectivity index (χ4n) is 3.25. The Morgan fingerprint density at radius 1 is 0.960 bits per heavy atom. The molecule has 1 fully saturated rings. The first-order chi connectivity index (χ1) is 12.3. The van der Waals surface area contributed by atoms with Crippen LogP contribution in [0.2, 0.25) is 0 Å². The maximum Gasteiger partial charge on any atom is 0.191 e. The molecule has 2 aromatic carbocycles. The molecule has 1 aliphatic rings. The zero-order valence-electron chi connectivity index (χ0n) is 15.0. The number of hydrogen-bond acceptors (Lipinski definition) is 2. The van der Waals surface area contributed by atoms with E-state index in [0.29, 0.717) is 6.04 Å². The van der Waals surface area contributed by atoms with Gasteiger partial charge in [-0.2, -0.15) is 0 Å². The minimum Gasteiger partial charge on any atom is -0.354 e. The fourth-order valence-corrected chi connectivity index (χ4v) is 3.25. The third-order valence-corrected chi connectivity index (χ3v) is 4.70. The first-order valence-corrected chi connectivity index (χ1v) is 9.11. The maximum absolute atomic E-state index is 4.36. The zero-order valence-corrected chi connectivity index (χ0v) is 15.0. The van der Waals surface area contributed by atoms with Crippen LogP contribution in [0, 0.1) is 0 Å². The van der Waals surface area contributed by atoms with Crippen LogP contribution in [0.25, 0.3) is 0 Å². The van der Waals surface area contributed by atoms with E-state index in [1.807, 2.05) is 13.1 Å². The Kier molecular flexibility index (Phi) is 6.46. The zero-order chi connectivity index (χ0) is 17.3. The number of nitrogens with one attached hydrogen (secondary N) is 2. The molecule has 0 unspecified atom stereocenters. The summed E-state index contributed by atoms with van der Waals surface area (Å²) in [5, 5.41) is 6.98. The molecule has 1 saturated heterocycles. The second kappa shape index (κ2) is 9.23. The number of aliphatic imine (C=N–C) groups is 1. The molecule has 1 heterocycles. The number of nitrogens with zero attached hydrogens (tertiary/aromatic N) is 2. The highest BCUT2D eigenvalue weighted by Crippen LogP contribution is 2.13. The van der Waals surface area contributed by atoms with Crippen LogP contribution in [0.15, 0.2) is 65.7 Å². The lowest BCUT2D eigenvalue weighted by Crippen LogP contribution is -2.48. The SMILES string of the molecule is CN=C(NCc1ccccc1)NC1CCN(Cc2ccccc2)CC1. The molecule has 0 aromatic heterocycles. The summed E-state index contributed by atoms with van der Waals surface area (Å²) in [6.45, 7) is 4.10. The van der Waals surface area contributed by atoms with Crippen LogP contribution in [-0.2, 0) is 13.1 Å². The highest BCUT2D eigenvalue weighted by atomic mass is 15.2. The molecule has 4 nitrogen and oxygen atoms in total. The molecule has 0 atom stereocenters. The number of rotatable bonds is 5. The lowest BCUT2D eigenvalue weighted by Gasteiger charge is -2.33. The molecule has 132 valence electrons. The van der Waals surface area contributed by atoms with Gasteiger partial charge in [-0.1, -0.05) is 60.7 Å². The minimum atomic E-state index is 0.494. The van der Waals surface area contributed by atoms with Crippen LogP contribution < -0.4 is 10.6 Å². The second-order valence-electron chi connectivity index (χ2n) is 6.59. The first-order valence-electron chi connectivity index (χ1n) is 9.11. The van der Waals surface area contributed by atoms with Crippen molar-refractivity contribution in [3.8, 4) is 0 Å². The van der Waals surface area contributed by atoms with E-state index in [4.69, 9.17) is 0 Å². The summed E-state index contributed by atoms with van der Waals surface area (Å²) in [5.74, 6) is 0.894. The highest BCUT2D eigenvalue weighted by Gasteiger charge is 2.19. The number of benzene rings is 2. The van der Waals surface area contributed by atoms with Gasteiger partial charge in [0.25, 0.3) is 0 Å². The quantitative estimate of drug-likeness (QED) is 0.651. The van der Waals surface area contributed by atoms with Crippen molar-refractivity contribution in [3.05, 3.63) is 71.8 Å². The van der Waals surface area contributed by atoms with Gasteiger partial charge in [0.05, 0.1) is 0 Å². The van der Waals surface area contributed by atoms with Gasteiger partial charge in [0.1, 0.15) is 0 Å². The Morgan fingerprint density at radius 2 is 1.56 bits per heavy atom. The third kappa shape index (κ3) is 5.61. The van der Waals surface area contributed by atoms with Gasteiger partial charge in [0.2, 0.25) is 0 Å². The Morgan fingerprint density at radius 3 is 2.16 bits per heavy atom. The number of hydrogen-bond donors (Lipinski definition) is 2. The molecule has 0 amide bonds. The summed E-state index contributed by atoms with van der Waals surface area (Å²) in [5.41, 5.74) is 2.66. The Hall–Kier alpha value is -2.33. The molecule has 2 N–H and O–H groups in total. The number of likely N-dealkylation sites (tertiary alicyclic amines) is 1. The summed E-state index contributed by atoms with van der Waals surface area (Å²) in [6.07, 6.45) is 2.30. The number of piperidine rings is 1. The van der Waals surface area contributed by atoms with Gasteiger partial charge in [-0.3, -0.25) is 9.89 Å². The fraction of sp³-hybridized carbons (Fsp3) is 0.381. The van der Waals surface area contributed by atoms with Crippen molar-refractivity contribution in [2.45, 2.75) is 32.0 Å². The van der Waals surface area contributed by atoms with Crippen LogP contribution in [0.5, 0.6) is 0 Å². The van der Waals surface area contributed by atoms with E-state index in [0.717, 1.165) is 45.0 Å². The molecule has 1 aliphatic heterocycles. The van der Waals surface area contributed by atoms with Crippen molar-refractivity contribution < 1.29 is 0 Å². The predicted molar refractivity (Wildman–Crippen MR) is 105 cm³/mol. The van der Waals surface area contributed by atoms with Crippen LogP contribution in [0.4, 0.5) is 0 Å². The lowest BCUT2D eigenvalue weighted by atomic mass is 10.0. The van der Waals surface area contributed by atoms with E-state index in [2.05, 4.69) is 75.1 Å². The third-order valence-electron chi connectivity index (χ3n) is 4.70. The Labute approximate surface area is 151 Å². The van der Waals surface area contributed by atoms with Crippen molar-refractivity contribution >= 4 is 5.96 Å². The average molecular weight is 336 g/mol. The summed E-state index contributed by atoms with van der Waals surface area (Å²) >= 11 is 0. The van der Waals surface area contributed by atoms with Crippen LogP contribution in [-0.4, -0.2) is 37.0 Å². The topological polar surface area (TPSA) is 39.7 Å². The molecule has 0 radical (unpaired) electrons. The Bertz CT molecular complexity index is 646. The summed E-state index contributed by atoms with van der Waals surface area (Å²) in [6, 6.07) is 21.6. The maximum atomic E-state index is 4.36. The molecule has 3 rings (SSSR count). The molecule has 4 heteroatoms. The van der Waals surface area contributed by atoms with Crippen LogP contribution in [0.3, 0.4) is 0 Å². The molecule has 0 aliphatic carbocycles. The normalized spacial score (nSPS) is 16.6. The molecule has 25 heavy (non-hydrogen) atoms. The van der Waals surface area contributed by atoms with Crippen LogP contribution >= 0.6 is 0 Å². The van der Waals surface area contributed by atoms with E-state index < -0.39 is 0 Å². The van der Waals surface area contributed by atoms with E-state index in [-0.39, 0.29) is 0 Å². The van der Waals surface area contributed by atoms with E-state index >= 15 is 0 Å². The first kappa shape index (κ1) is 17.5. The minimum absolute atomic E-state index is 0.494. The molecule has 0 bridgehead atoms. The lowest BCUT2D eigenvalue weighted by molar-refractivity contribution is 0.198. The molecule has 0 saturated carbocycles. The van der Waals surface area contributed by atoms with Gasteiger partial charge < -0.3 is 10.6 Å². The second-order valence-corrected chi connectivity index (χ2v) is 6.59. The molecular weight excluding hydrogens is 308 g/mol. The monoisotopic (exact) mass is 336 g/mol. The van der Waals surface area contributed by atoms with Crippen molar-refractivity contribution in [1.29, 1.82) is 0 Å². The van der Waals surface area contributed by atoms with Gasteiger partial charge in [-0.25, -0.2) is 0 Å². The van der Waals surface area contributed by atoms with E-state index in [1.165, 1.54) is 11.1 Å². The van der Waals surface area contributed by atoms with Gasteiger partial charge in [0, 0.05) is 39.3 Å². The molecule has 2 aromatic rings. The number of guanidine groups is 1. The summed E-state index contributed by atoms with van der Waals surface area (Å²) in [7, 11) is 1.84. The van der Waals surface area contributed by atoms with Gasteiger partial charge in [-0.15, -0.1) is 0 Å². The van der Waals surface area contributed by atoms with Gasteiger partial charge >= 0.3 is 0 Å². The van der Waals surface area contributed by atoms with Crippen molar-refractivity contribution in [3.63, 3.8) is 0 Å². The Balaban J connectivity index is 1.41. The van der Waals surface area contributed by atoms with Gasteiger partial charge in [0.15, 0.2) is 5.96 Å². The standard InChI is InChI=1S/C21H28N4/c1-22-21(23-16-18-8-4-2-5-9-18)24-20-12-14-25(15-13-20)17-19-10-6-3-7-11-19/h2-11,20H,12-17H2,1H3,(H2,22,23,24). The van der Waals surface area contributed by atoms with Crippen molar-refractivity contribution in [2.24, 2.45) is 4.99 Å². The summed E-state index contributed by atoms with van der Waals surface area (Å²) in [4.78, 5) is 6.90. The molecular formula is C21H28N4. The predicted octanol–water partition coefficient (Wildman–Crippen LogP) is 3.02. The van der Waals surface area contributed by atoms with Crippen LogP contribution in [0.1, 0.15) is 24.0 Å². The molecule has 0 spiro atoms. The largest absolute Gasteiger partial charge is 0.354 e. The van der Waals surface area contributed by atoms with E-state index in [1.54, 1.807) is 0 Å². The highest BCUT2D eigenvalue weighted by molar-refractivity contribution is 5.79. The van der Waals surface area contributed by atoms with E-state index in [9.17, 15) is 0 Å². The summed E-state index contributed by atoms with van der Waals surface area (Å²) < 4.78 is 0. The smallest absolute Gasteiger partial charge is 0.191 e. The van der Waals surface area contributed by atoms with Crippen molar-refractivity contribution in [2.75, 3.05) is 20.1 Å².